The summed E-state index contributed by atoms with van der Waals surface area (Å²) in [4.78, 5) is 0. The van der Waals surface area contributed by atoms with Crippen molar-refractivity contribution in [2.75, 3.05) is 13.2 Å². The molecule has 0 unspecified atom stereocenters. The van der Waals surface area contributed by atoms with E-state index in [0.717, 1.165) is 0 Å². The Bertz CT molecular complexity index is 311. The molecule has 0 spiro atoms. The maximum absolute atomic E-state index is 13.3. The molecule has 0 atom stereocenters. The normalized spacial score (nSPS) is 11.1. The minimum Gasteiger partial charge on any atom is -0.377 e. The van der Waals surface area contributed by atoms with E-state index < -0.39 is 0 Å². The van der Waals surface area contributed by atoms with E-state index in [1.54, 1.807) is 12.1 Å². The molecule has 1 rings (SSSR count). The second-order valence-corrected chi connectivity index (χ2v) is 4.20. The molecule has 0 saturated heterocycles. The number of nitrogens with one attached hydrogen (secondary N) is 1. The second kappa shape index (κ2) is 6.84. The summed E-state index contributed by atoms with van der Waals surface area (Å²) in [5, 5.41) is 3.55. The molecule has 1 aromatic carbocycles. The van der Waals surface area contributed by atoms with Gasteiger partial charge in [-0.3, -0.25) is 0 Å². The molecule has 0 amide bonds. The highest BCUT2D eigenvalue weighted by Crippen LogP contribution is 2.18. The predicted molar refractivity (Wildman–Crippen MR) is 64.2 cm³/mol. The molecule has 2 nitrogen and oxygen atoms in total. The first-order chi connectivity index (χ1) is 7.61. The van der Waals surface area contributed by atoms with Crippen molar-refractivity contribution in [1.82, 2.24) is 5.32 Å². The molecule has 1 aromatic rings. The average molecular weight is 246 g/mol. The fourth-order valence-corrected chi connectivity index (χ4v) is 1.51. The molecule has 0 radical (unpaired) electrons. The smallest absolute Gasteiger partial charge is 0.129 e. The summed E-state index contributed by atoms with van der Waals surface area (Å²) >= 11 is 5.88. The fraction of sp³-hybridized carbons (Fsp3) is 0.500. The molecule has 90 valence electrons. The number of benzene rings is 1. The monoisotopic (exact) mass is 245 g/mol. The molecule has 16 heavy (non-hydrogen) atoms. The summed E-state index contributed by atoms with van der Waals surface area (Å²) in [6.45, 7) is 5.68. The first-order valence-corrected chi connectivity index (χ1v) is 5.74. The molecule has 0 aliphatic carbocycles. The van der Waals surface area contributed by atoms with Crippen LogP contribution in [0.4, 0.5) is 4.39 Å². The van der Waals surface area contributed by atoms with Crippen molar-refractivity contribution in [1.29, 1.82) is 0 Å². The number of rotatable bonds is 6. The Kier molecular flexibility index (Phi) is 5.74. The molecule has 1 N–H and O–H groups in total. The summed E-state index contributed by atoms with van der Waals surface area (Å²) < 4.78 is 18.7. The zero-order valence-corrected chi connectivity index (χ0v) is 10.4. The SMILES string of the molecule is CC(C)OCCNCc1c(F)cccc1Cl. The van der Waals surface area contributed by atoms with Gasteiger partial charge in [-0.1, -0.05) is 17.7 Å². The highest BCUT2D eigenvalue weighted by Gasteiger charge is 2.05. The molecular formula is C12H17ClFNO. The van der Waals surface area contributed by atoms with E-state index in [1.807, 2.05) is 13.8 Å². The minimum absolute atomic E-state index is 0.221. The first kappa shape index (κ1) is 13.4. The highest BCUT2D eigenvalue weighted by atomic mass is 35.5. The molecule has 0 aromatic heterocycles. The molecule has 0 bridgehead atoms. The molecule has 0 heterocycles. The summed E-state index contributed by atoms with van der Waals surface area (Å²) in [5.41, 5.74) is 0.508. The Morgan fingerprint density at radius 2 is 2.19 bits per heavy atom. The molecule has 4 heteroatoms. The van der Waals surface area contributed by atoms with E-state index >= 15 is 0 Å². The highest BCUT2D eigenvalue weighted by molar-refractivity contribution is 6.31. The van der Waals surface area contributed by atoms with Gasteiger partial charge in [-0.25, -0.2) is 4.39 Å². The average Bonchev–Trinajstić information content (AvgIpc) is 2.21. The zero-order chi connectivity index (χ0) is 12.0. The third-order valence-electron chi connectivity index (χ3n) is 2.09. The Morgan fingerprint density at radius 3 is 2.81 bits per heavy atom. The van der Waals surface area contributed by atoms with E-state index in [4.69, 9.17) is 16.3 Å². The maximum atomic E-state index is 13.3. The van der Waals surface area contributed by atoms with Gasteiger partial charge in [-0.05, 0) is 26.0 Å². The Labute approximate surface area is 101 Å². The summed E-state index contributed by atoms with van der Waals surface area (Å²) in [7, 11) is 0. The van der Waals surface area contributed by atoms with Gasteiger partial charge in [0.1, 0.15) is 5.82 Å². The van der Waals surface area contributed by atoms with Crippen LogP contribution in [-0.2, 0) is 11.3 Å². The van der Waals surface area contributed by atoms with Crippen molar-refractivity contribution in [3.8, 4) is 0 Å². The maximum Gasteiger partial charge on any atom is 0.129 e. The molecular weight excluding hydrogens is 229 g/mol. The van der Waals surface area contributed by atoms with Crippen LogP contribution < -0.4 is 5.32 Å². The first-order valence-electron chi connectivity index (χ1n) is 5.36. The van der Waals surface area contributed by atoms with Crippen molar-refractivity contribution in [3.63, 3.8) is 0 Å². The van der Waals surface area contributed by atoms with Gasteiger partial charge in [0.2, 0.25) is 0 Å². The lowest BCUT2D eigenvalue weighted by Gasteiger charge is -2.09. The largest absolute Gasteiger partial charge is 0.377 e. The van der Waals surface area contributed by atoms with Crippen molar-refractivity contribution in [3.05, 3.63) is 34.6 Å². The van der Waals surface area contributed by atoms with Crippen LogP contribution in [0.15, 0.2) is 18.2 Å². The molecule has 0 fully saturated rings. The van der Waals surface area contributed by atoms with Gasteiger partial charge < -0.3 is 10.1 Å². The standard InChI is InChI=1S/C12H17ClFNO/c1-9(2)16-7-6-15-8-10-11(13)4-3-5-12(10)14/h3-5,9,15H,6-8H2,1-2H3. The molecule has 0 aliphatic heterocycles. The number of hydrogen-bond donors (Lipinski definition) is 1. The van der Waals surface area contributed by atoms with Crippen molar-refractivity contribution in [2.45, 2.75) is 26.5 Å². The van der Waals surface area contributed by atoms with Gasteiger partial charge in [-0.2, -0.15) is 0 Å². The van der Waals surface area contributed by atoms with Gasteiger partial charge in [0.05, 0.1) is 12.7 Å². The van der Waals surface area contributed by atoms with Crippen LogP contribution in [-0.4, -0.2) is 19.3 Å². The van der Waals surface area contributed by atoms with Crippen LogP contribution >= 0.6 is 11.6 Å². The van der Waals surface area contributed by atoms with E-state index in [0.29, 0.717) is 30.3 Å². The lowest BCUT2D eigenvalue weighted by atomic mass is 10.2. The number of hydrogen-bond acceptors (Lipinski definition) is 2. The van der Waals surface area contributed by atoms with Crippen LogP contribution in [0.25, 0.3) is 0 Å². The minimum atomic E-state index is -0.273. The van der Waals surface area contributed by atoms with Gasteiger partial charge >= 0.3 is 0 Å². The van der Waals surface area contributed by atoms with Crippen LogP contribution in [0.5, 0.6) is 0 Å². The van der Waals surface area contributed by atoms with E-state index in [-0.39, 0.29) is 11.9 Å². The van der Waals surface area contributed by atoms with Crippen LogP contribution in [0.2, 0.25) is 5.02 Å². The molecule has 0 saturated carbocycles. The van der Waals surface area contributed by atoms with E-state index in [9.17, 15) is 4.39 Å². The van der Waals surface area contributed by atoms with Crippen LogP contribution in [0.3, 0.4) is 0 Å². The lowest BCUT2D eigenvalue weighted by Crippen LogP contribution is -2.21. The van der Waals surface area contributed by atoms with E-state index in [1.165, 1.54) is 6.07 Å². The van der Waals surface area contributed by atoms with Crippen LogP contribution in [0.1, 0.15) is 19.4 Å². The third kappa shape index (κ3) is 4.47. The molecule has 0 aliphatic rings. The quantitative estimate of drug-likeness (QED) is 0.778. The second-order valence-electron chi connectivity index (χ2n) is 3.80. The summed E-state index contributed by atoms with van der Waals surface area (Å²) in [6, 6.07) is 4.70. The Balaban J connectivity index is 2.32. The van der Waals surface area contributed by atoms with Gasteiger partial charge in [0.25, 0.3) is 0 Å². The number of ether oxygens (including phenoxy) is 1. The topological polar surface area (TPSA) is 21.3 Å². The fourth-order valence-electron chi connectivity index (χ4n) is 1.28. The third-order valence-corrected chi connectivity index (χ3v) is 2.45. The summed E-state index contributed by atoms with van der Waals surface area (Å²) in [6.07, 6.45) is 0.221. The van der Waals surface area contributed by atoms with Gasteiger partial charge in [0.15, 0.2) is 0 Å². The number of halogens is 2. The van der Waals surface area contributed by atoms with Crippen molar-refractivity contribution in [2.24, 2.45) is 0 Å². The van der Waals surface area contributed by atoms with Gasteiger partial charge in [0, 0.05) is 23.7 Å². The van der Waals surface area contributed by atoms with Crippen molar-refractivity contribution >= 4 is 11.6 Å². The predicted octanol–water partition coefficient (Wildman–Crippen LogP) is 2.99. The Morgan fingerprint density at radius 1 is 1.44 bits per heavy atom. The lowest BCUT2D eigenvalue weighted by molar-refractivity contribution is 0.0806. The van der Waals surface area contributed by atoms with Gasteiger partial charge in [-0.15, -0.1) is 0 Å². The summed E-state index contributed by atoms with van der Waals surface area (Å²) in [5.74, 6) is -0.273. The Hall–Kier alpha value is -0.640. The van der Waals surface area contributed by atoms with E-state index in [2.05, 4.69) is 5.32 Å². The van der Waals surface area contributed by atoms with Crippen LogP contribution in [0, 0.1) is 5.82 Å². The zero-order valence-electron chi connectivity index (χ0n) is 9.59. The van der Waals surface area contributed by atoms with Crippen molar-refractivity contribution < 1.29 is 9.13 Å².